The van der Waals surface area contributed by atoms with Crippen LogP contribution in [0.3, 0.4) is 0 Å². The molecule has 13 heteroatoms. The van der Waals surface area contributed by atoms with Gasteiger partial charge in [0.25, 0.3) is 5.91 Å². The molecule has 0 unspecified atom stereocenters. The number of rotatable bonds is 8. The summed E-state index contributed by atoms with van der Waals surface area (Å²) in [6.07, 6.45) is 6.22. The highest BCUT2D eigenvalue weighted by molar-refractivity contribution is 7.19. The summed E-state index contributed by atoms with van der Waals surface area (Å²) in [5.74, 6) is 1.39. The number of morpholine rings is 1. The molecule has 4 heterocycles. The Balaban J connectivity index is 1.67. The average molecular weight is 510 g/mol. The largest absolute Gasteiger partial charge is 0.384 e. The molecule has 36 heavy (non-hydrogen) atoms. The van der Waals surface area contributed by atoms with Gasteiger partial charge in [-0.2, -0.15) is 0 Å². The molecule has 0 bridgehead atoms. The van der Waals surface area contributed by atoms with Crippen LogP contribution in [-0.4, -0.2) is 70.6 Å². The second-order valence-electron chi connectivity index (χ2n) is 7.96. The van der Waals surface area contributed by atoms with E-state index in [4.69, 9.17) is 25.6 Å². The first-order valence-corrected chi connectivity index (χ1v) is 12.0. The molecule has 4 N–H and O–H groups in total. The van der Waals surface area contributed by atoms with E-state index in [0.29, 0.717) is 31.5 Å². The molecule has 0 spiro atoms. The maximum absolute atomic E-state index is 11.5. The lowest BCUT2D eigenvalue weighted by molar-refractivity contribution is 0.0705. The number of carbonyl (C=O) groups excluding carboxylic acids is 1. The van der Waals surface area contributed by atoms with Crippen molar-refractivity contribution >= 4 is 51.0 Å². The Morgan fingerprint density at radius 3 is 2.72 bits per heavy atom. The summed E-state index contributed by atoms with van der Waals surface area (Å²) < 4.78 is 6.52. The van der Waals surface area contributed by atoms with Crippen LogP contribution in [0.5, 0.6) is 0 Å². The van der Waals surface area contributed by atoms with Crippen LogP contribution in [-0.2, 0) is 11.3 Å². The number of hydrogen-bond donors (Lipinski definition) is 3. The predicted octanol–water partition coefficient (Wildman–Crippen LogP) is 1.98. The third kappa shape index (κ3) is 5.64. The number of fused-ring (bicyclic) bond motifs is 1. The van der Waals surface area contributed by atoms with Crippen LogP contribution < -0.4 is 21.0 Å². The molecule has 12 nitrogen and oxygen atoms in total. The molecule has 1 aliphatic rings. The monoisotopic (exact) mass is 509 g/mol. The van der Waals surface area contributed by atoms with Crippen LogP contribution in [0.15, 0.2) is 41.9 Å². The standard InChI is InChI=1S/C23H27N9O3S/c1-4-15(10-25-14(2)24)20-28-18-9-17(36-19(18)21(29-20)32-5-7-35-8-6-32)13-31(3)23-26-11-16(12-27-23)22(33)30-34/h4,9-12,34H,2,5-8,13,24H2,1,3H3,(H,30,33)/b15-4+,25-10-. The fourth-order valence-corrected chi connectivity index (χ4v) is 4.75. The van der Waals surface area contributed by atoms with Gasteiger partial charge in [0.15, 0.2) is 11.6 Å². The van der Waals surface area contributed by atoms with Gasteiger partial charge >= 0.3 is 0 Å². The van der Waals surface area contributed by atoms with Crippen molar-refractivity contribution in [2.24, 2.45) is 10.7 Å². The van der Waals surface area contributed by atoms with Crippen LogP contribution in [0.25, 0.3) is 15.8 Å². The minimum Gasteiger partial charge on any atom is -0.384 e. The smallest absolute Gasteiger partial charge is 0.277 e. The van der Waals surface area contributed by atoms with E-state index < -0.39 is 5.91 Å². The molecule has 1 fully saturated rings. The van der Waals surface area contributed by atoms with Gasteiger partial charge in [-0.05, 0) is 13.0 Å². The van der Waals surface area contributed by atoms with Crippen molar-refractivity contribution in [1.82, 2.24) is 25.4 Å². The zero-order valence-electron chi connectivity index (χ0n) is 20.0. The van der Waals surface area contributed by atoms with Gasteiger partial charge in [0.2, 0.25) is 5.95 Å². The molecule has 0 radical (unpaired) electrons. The molecule has 3 aromatic rings. The Bertz CT molecular complexity index is 1310. The summed E-state index contributed by atoms with van der Waals surface area (Å²) in [7, 11) is 1.86. The summed E-state index contributed by atoms with van der Waals surface area (Å²) in [5.41, 5.74) is 8.91. The first kappa shape index (κ1) is 25.2. The number of anilines is 2. The number of allylic oxidation sites excluding steroid dienone is 2. The zero-order chi connectivity index (χ0) is 25.7. The van der Waals surface area contributed by atoms with Crippen molar-refractivity contribution in [2.45, 2.75) is 13.5 Å². The van der Waals surface area contributed by atoms with Crippen molar-refractivity contribution in [3.05, 3.63) is 53.2 Å². The molecule has 1 amide bonds. The minimum atomic E-state index is -0.667. The Morgan fingerprint density at radius 2 is 2.08 bits per heavy atom. The topological polar surface area (TPSA) is 155 Å². The number of aromatic nitrogens is 4. The SMILES string of the molecule is C=C(N)/N=C\C(=C/C)c1nc(N2CCOCC2)c2sc(CN(C)c3ncc(C(=O)NO)cn3)cc2n1. The molecular formula is C23H27N9O3S. The lowest BCUT2D eigenvalue weighted by Crippen LogP contribution is -2.37. The van der Waals surface area contributed by atoms with E-state index in [-0.39, 0.29) is 11.4 Å². The average Bonchev–Trinajstić information content (AvgIpc) is 3.30. The molecule has 188 valence electrons. The Morgan fingerprint density at radius 1 is 1.36 bits per heavy atom. The fraction of sp³-hybridized carbons (Fsp3) is 0.304. The number of hydrogen-bond acceptors (Lipinski definition) is 12. The van der Waals surface area contributed by atoms with Gasteiger partial charge in [-0.15, -0.1) is 11.3 Å². The second-order valence-corrected chi connectivity index (χ2v) is 9.10. The van der Waals surface area contributed by atoms with Crippen LogP contribution in [0.1, 0.15) is 28.0 Å². The van der Waals surface area contributed by atoms with Gasteiger partial charge in [0, 0.05) is 49.2 Å². The van der Waals surface area contributed by atoms with Gasteiger partial charge in [-0.3, -0.25) is 10.0 Å². The molecule has 0 saturated carbocycles. The quantitative estimate of drug-likeness (QED) is 0.233. The van der Waals surface area contributed by atoms with Crippen molar-refractivity contribution in [2.75, 3.05) is 43.2 Å². The maximum Gasteiger partial charge on any atom is 0.277 e. The van der Waals surface area contributed by atoms with E-state index in [9.17, 15) is 4.79 Å². The van der Waals surface area contributed by atoms with E-state index >= 15 is 0 Å². The number of nitrogens with two attached hydrogens (primary N) is 1. The molecule has 0 aromatic carbocycles. The summed E-state index contributed by atoms with van der Waals surface area (Å²) in [6.45, 7) is 8.77. The predicted molar refractivity (Wildman–Crippen MR) is 139 cm³/mol. The molecule has 1 aliphatic heterocycles. The highest BCUT2D eigenvalue weighted by Gasteiger charge is 2.21. The number of thiophene rings is 1. The van der Waals surface area contributed by atoms with Crippen LogP contribution in [0, 0.1) is 0 Å². The third-order valence-corrected chi connectivity index (χ3v) is 6.50. The van der Waals surface area contributed by atoms with E-state index in [1.165, 1.54) is 12.4 Å². The Labute approximate surface area is 211 Å². The van der Waals surface area contributed by atoms with Gasteiger partial charge in [-0.1, -0.05) is 12.7 Å². The number of hydroxylamine groups is 1. The Kier molecular flexibility index (Phi) is 7.83. The molecule has 4 rings (SSSR count). The number of amides is 1. The van der Waals surface area contributed by atoms with E-state index in [2.05, 4.69) is 26.4 Å². The molecule has 0 atom stereocenters. The van der Waals surface area contributed by atoms with Crippen LogP contribution in [0.4, 0.5) is 11.8 Å². The Hall–Kier alpha value is -3.94. The van der Waals surface area contributed by atoms with Crippen LogP contribution >= 0.6 is 11.3 Å². The summed E-state index contributed by atoms with van der Waals surface area (Å²) >= 11 is 1.61. The number of aliphatic imine (C=N–C) groups is 1. The highest BCUT2D eigenvalue weighted by atomic mass is 32.1. The molecule has 3 aromatic heterocycles. The third-order valence-electron chi connectivity index (χ3n) is 5.39. The molecule has 1 saturated heterocycles. The second kappa shape index (κ2) is 11.2. The summed E-state index contributed by atoms with van der Waals surface area (Å²) in [4.78, 5) is 38.9. The lowest BCUT2D eigenvalue weighted by Gasteiger charge is -2.28. The van der Waals surface area contributed by atoms with Gasteiger partial charge in [0.05, 0.1) is 35.5 Å². The van der Waals surface area contributed by atoms with E-state index in [1.54, 1.807) is 23.0 Å². The van der Waals surface area contributed by atoms with E-state index in [0.717, 1.165) is 39.6 Å². The number of nitrogens with zero attached hydrogens (tertiary/aromatic N) is 7. The normalized spacial score (nSPS) is 14.4. The number of nitrogens with one attached hydrogen (secondary N) is 1. The van der Waals surface area contributed by atoms with E-state index in [1.807, 2.05) is 31.0 Å². The summed E-state index contributed by atoms with van der Waals surface area (Å²) in [6, 6.07) is 2.03. The van der Waals surface area contributed by atoms with Gasteiger partial charge in [-0.25, -0.2) is 30.4 Å². The highest BCUT2D eigenvalue weighted by Crippen LogP contribution is 2.34. The van der Waals surface area contributed by atoms with Crippen molar-refractivity contribution in [3.8, 4) is 0 Å². The fourth-order valence-electron chi connectivity index (χ4n) is 3.58. The first-order valence-electron chi connectivity index (χ1n) is 11.2. The van der Waals surface area contributed by atoms with Crippen LogP contribution in [0.2, 0.25) is 0 Å². The van der Waals surface area contributed by atoms with Gasteiger partial charge < -0.3 is 20.3 Å². The molecule has 0 aliphatic carbocycles. The van der Waals surface area contributed by atoms with Crippen molar-refractivity contribution < 1.29 is 14.7 Å². The number of carbonyl (C=O) groups is 1. The minimum absolute atomic E-state index is 0.163. The first-order chi connectivity index (χ1) is 17.4. The number of ether oxygens (including phenoxy) is 1. The van der Waals surface area contributed by atoms with Crippen molar-refractivity contribution in [1.29, 1.82) is 0 Å². The summed E-state index contributed by atoms with van der Waals surface area (Å²) in [5, 5.41) is 8.77. The maximum atomic E-state index is 11.5. The molecular weight excluding hydrogens is 482 g/mol. The lowest BCUT2D eigenvalue weighted by atomic mass is 10.2. The van der Waals surface area contributed by atoms with Crippen molar-refractivity contribution in [3.63, 3.8) is 0 Å². The zero-order valence-corrected chi connectivity index (χ0v) is 20.8. The van der Waals surface area contributed by atoms with Gasteiger partial charge in [0.1, 0.15) is 5.82 Å².